The lowest BCUT2D eigenvalue weighted by Gasteiger charge is -2.13. The largest absolute Gasteiger partial charge is 0.219 e. The van der Waals surface area contributed by atoms with E-state index in [1.54, 1.807) is 48.5 Å². The van der Waals surface area contributed by atoms with Crippen molar-refractivity contribution < 1.29 is 43.5 Å². The minimum absolute atomic E-state index is 0.340. The molecule has 5 rings (SSSR count). The molecule has 0 aromatic heterocycles. The summed E-state index contributed by atoms with van der Waals surface area (Å²) < 4.78 is 133. The first-order valence-corrected chi connectivity index (χ1v) is 15.8. The van der Waals surface area contributed by atoms with Crippen molar-refractivity contribution in [3.05, 3.63) is 152 Å². The molecule has 0 aliphatic rings. The summed E-state index contributed by atoms with van der Waals surface area (Å²) >= 11 is 0. The molecular formula is C37H29F8NO2S. The van der Waals surface area contributed by atoms with Gasteiger partial charge in [-0.15, -0.1) is 0 Å². The molecule has 0 heterocycles. The van der Waals surface area contributed by atoms with Gasteiger partial charge in [-0.05, 0) is 76.9 Å². The van der Waals surface area contributed by atoms with E-state index in [-0.39, 0.29) is 0 Å². The average molecular weight is 704 g/mol. The van der Waals surface area contributed by atoms with Gasteiger partial charge in [0.1, 0.15) is 0 Å². The van der Waals surface area contributed by atoms with E-state index in [1.165, 1.54) is 0 Å². The monoisotopic (exact) mass is 703 g/mol. The van der Waals surface area contributed by atoms with Gasteiger partial charge in [0.05, 0.1) is 32.6 Å². The molecule has 0 saturated carbocycles. The highest BCUT2D eigenvalue weighted by Crippen LogP contribution is 2.37. The Labute approximate surface area is 279 Å². The van der Waals surface area contributed by atoms with Gasteiger partial charge < -0.3 is 0 Å². The first-order chi connectivity index (χ1) is 22.9. The summed E-state index contributed by atoms with van der Waals surface area (Å²) in [7, 11) is -3.37. The Kier molecular flexibility index (Phi) is 12.1. The van der Waals surface area contributed by atoms with Gasteiger partial charge in [-0.1, -0.05) is 53.6 Å². The summed E-state index contributed by atoms with van der Waals surface area (Å²) in [5, 5.41) is 8.65. The molecule has 0 unspecified atom stereocenters. The maximum atomic E-state index is 13.8. The molecule has 0 radical (unpaired) electrons. The molecule has 0 spiro atoms. The van der Waals surface area contributed by atoms with Gasteiger partial charge in [0.15, 0.2) is 46.5 Å². The smallest absolute Gasteiger partial charge is 0.206 e. The number of hydrogen-bond acceptors (Lipinski definition) is 3. The van der Waals surface area contributed by atoms with E-state index in [4.69, 9.17) is 5.26 Å². The van der Waals surface area contributed by atoms with Gasteiger partial charge in [0.2, 0.25) is 9.84 Å². The van der Waals surface area contributed by atoms with Crippen LogP contribution in [0.3, 0.4) is 0 Å². The van der Waals surface area contributed by atoms with Gasteiger partial charge in [0, 0.05) is 11.1 Å². The highest BCUT2D eigenvalue weighted by Gasteiger charge is 2.32. The third kappa shape index (κ3) is 8.00. The van der Waals surface area contributed by atoms with Gasteiger partial charge >= 0.3 is 0 Å². The van der Waals surface area contributed by atoms with Crippen molar-refractivity contribution in [2.24, 2.45) is 0 Å². The van der Waals surface area contributed by atoms with Gasteiger partial charge in [-0.3, -0.25) is 0 Å². The van der Waals surface area contributed by atoms with Gasteiger partial charge in [-0.25, -0.2) is 43.5 Å². The molecule has 12 heteroatoms. The fourth-order valence-corrected chi connectivity index (χ4v) is 5.74. The van der Waals surface area contributed by atoms with Crippen LogP contribution in [0.4, 0.5) is 35.1 Å². The van der Waals surface area contributed by atoms with Crippen molar-refractivity contribution in [3.63, 3.8) is 0 Å². The number of nitriles is 1. The Morgan fingerprint density at radius 1 is 0.469 bits per heavy atom. The highest BCUT2D eigenvalue weighted by molar-refractivity contribution is 7.91. The molecule has 0 aliphatic carbocycles. The van der Waals surface area contributed by atoms with Gasteiger partial charge in [0.25, 0.3) is 0 Å². The summed E-state index contributed by atoms with van der Waals surface area (Å²) in [4.78, 5) is 0.680. The first kappa shape index (κ1) is 38.4. The number of aryl methyl sites for hydroxylation is 4. The Morgan fingerprint density at radius 2 is 0.755 bits per heavy atom. The molecular weight excluding hydrogens is 674 g/mol. The number of nitrogens with zero attached hydrogens (tertiary/aromatic N) is 1. The zero-order valence-corrected chi connectivity index (χ0v) is 27.9. The number of sulfone groups is 1. The summed E-state index contributed by atoms with van der Waals surface area (Å²) in [5.74, 6) is -16.3. The summed E-state index contributed by atoms with van der Waals surface area (Å²) in [6.45, 7) is 9.13. The fraction of sp³-hybridized carbons (Fsp3) is 0.162. The van der Waals surface area contributed by atoms with Crippen LogP contribution >= 0.6 is 0 Å². The normalized spacial score (nSPS) is 10.8. The van der Waals surface area contributed by atoms with Gasteiger partial charge in [-0.2, -0.15) is 5.26 Å². The topological polar surface area (TPSA) is 57.9 Å². The summed E-state index contributed by atoms with van der Waals surface area (Å²) in [5.41, 5.74) is -0.838. The molecule has 5 aromatic carbocycles. The molecule has 0 atom stereocenters. The molecule has 0 saturated heterocycles. The third-order valence-electron chi connectivity index (χ3n) is 7.47. The lowest BCUT2D eigenvalue weighted by atomic mass is 9.98. The molecule has 0 N–H and O–H groups in total. The lowest BCUT2D eigenvalue weighted by Crippen LogP contribution is -2.09. The van der Waals surface area contributed by atoms with E-state index in [1.807, 2.05) is 45.9 Å². The number of hydrogen-bond donors (Lipinski definition) is 0. The van der Waals surface area contributed by atoms with Crippen molar-refractivity contribution in [2.45, 2.75) is 51.3 Å². The molecule has 3 nitrogen and oxygen atoms in total. The summed E-state index contributed by atoms with van der Waals surface area (Å²) in [6.07, 6.45) is 0. The second-order valence-corrected chi connectivity index (χ2v) is 13.0. The highest BCUT2D eigenvalue weighted by atomic mass is 32.2. The molecule has 5 aromatic rings. The third-order valence-corrected chi connectivity index (χ3v) is 9.26. The zero-order chi connectivity index (χ0) is 37.0. The standard InChI is InChI=1S/C14H6F8.C14H14O2S.C9H9N/c1-3-7(15)11(19)5(12(20)8(3)16)6-13(21)9(17)4(2)10(18)14(6)22;1-11-3-7-13(8-4-11)17(15,16)14-9-5-12(2)6-10-14;1-7-4-3-5-8(2)9(7)6-10/h1-2H3;3-10H,1-2H3;3-5H,1-2H3. The van der Waals surface area contributed by atoms with E-state index in [2.05, 4.69) is 6.07 Å². The second kappa shape index (κ2) is 15.5. The van der Waals surface area contributed by atoms with E-state index in [0.29, 0.717) is 23.6 Å². The van der Waals surface area contributed by atoms with Crippen LogP contribution in [0, 0.1) is 99.4 Å². The van der Waals surface area contributed by atoms with E-state index < -0.39 is 78.6 Å². The van der Waals surface area contributed by atoms with Crippen molar-refractivity contribution in [2.75, 3.05) is 0 Å². The van der Waals surface area contributed by atoms with E-state index >= 15 is 0 Å². The predicted molar refractivity (Wildman–Crippen MR) is 169 cm³/mol. The molecule has 256 valence electrons. The quantitative estimate of drug-likeness (QED) is 0.139. The minimum atomic E-state index is -3.37. The first-order valence-electron chi connectivity index (χ1n) is 14.4. The van der Waals surface area contributed by atoms with Crippen LogP contribution in [0.15, 0.2) is 76.5 Å². The van der Waals surface area contributed by atoms with Crippen LogP contribution in [0.2, 0.25) is 0 Å². The van der Waals surface area contributed by atoms with Crippen molar-refractivity contribution in [3.8, 4) is 17.2 Å². The van der Waals surface area contributed by atoms with E-state index in [9.17, 15) is 43.5 Å². The van der Waals surface area contributed by atoms with Crippen molar-refractivity contribution >= 4 is 9.84 Å². The molecule has 0 fully saturated rings. The van der Waals surface area contributed by atoms with Crippen LogP contribution in [-0.2, 0) is 9.84 Å². The molecule has 0 amide bonds. The van der Waals surface area contributed by atoms with Crippen LogP contribution in [0.1, 0.15) is 38.9 Å². The average Bonchev–Trinajstić information content (AvgIpc) is 3.07. The zero-order valence-electron chi connectivity index (χ0n) is 27.0. The SMILES string of the molecule is Cc1c(F)c(F)c(-c2c(F)c(F)c(C)c(F)c2F)c(F)c1F.Cc1ccc(S(=O)(=O)c2ccc(C)cc2)cc1.Cc1cccc(C)c1C#N. The Morgan fingerprint density at radius 3 is 1.00 bits per heavy atom. The summed E-state index contributed by atoms with van der Waals surface area (Å²) in [6, 6.07) is 21.8. The van der Waals surface area contributed by atoms with Crippen LogP contribution < -0.4 is 0 Å². The lowest BCUT2D eigenvalue weighted by molar-refractivity contribution is 0.433. The molecule has 0 bridgehead atoms. The maximum Gasteiger partial charge on any atom is 0.206 e. The molecule has 0 aliphatic heterocycles. The van der Waals surface area contributed by atoms with Crippen LogP contribution in [0.25, 0.3) is 11.1 Å². The van der Waals surface area contributed by atoms with Crippen molar-refractivity contribution in [1.82, 2.24) is 0 Å². The maximum absolute atomic E-state index is 13.8. The minimum Gasteiger partial charge on any atom is -0.219 e. The second-order valence-electron chi connectivity index (χ2n) is 11.0. The van der Waals surface area contributed by atoms with E-state index in [0.717, 1.165) is 27.8 Å². The Bertz CT molecular complexity index is 1980. The number of rotatable bonds is 3. The predicted octanol–water partition coefficient (Wildman–Crippen LogP) is 10.4. The van der Waals surface area contributed by atoms with Crippen molar-refractivity contribution in [1.29, 1.82) is 5.26 Å². The van der Waals surface area contributed by atoms with Crippen LogP contribution in [0.5, 0.6) is 0 Å². The number of halogens is 8. The fourth-order valence-electron chi connectivity index (χ4n) is 4.48. The van der Waals surface area contributed by atoms with Crippen LogP contribution in [-0.4, -0.2) is 8.42 Å². The Balaban J connectivity index is 0.000000213. The Hall–Kier alpha value is -5.02. The molecule has 49 heavy (non-hydrogen) atoms. The number of benzene rings is 5.